The van der Waals surface area contributed by atoms with Crippen molar-refractivity contribution in [3.05, 3.63) is 64.4 Å². The number of anilines is 1. The highest BCUT2D eigenvalue weighted by atomic mass is 79.9. The Hall–Kier alpha value is -1.94. The number of rotatable bonds is 2. The maximum absolute atomic E-state index is 6.03. The Morgan fingerprint density at radius 2 is 1.74 bits per heavy atom. The van der Waals surface area contributed by atoms with Gasteiger partial charge in [0, 0.05) is 10.9 Å². The third kappa shape index (κ3) is 2.44. The lowest BCUT2D eigenvalue weighted by atomic mass is 10.1. The molecule has 2 aromatic carbocycles. The molecule has 0 spiro atoms. The van der Waals surface area contributed by atoms with Gasteiger partial charge in [-0.15, -0.1) is 0 Å². The van der Waals surface area contributed by atoms with Crippen LogP contribution in [0, 0.1) is 0 Å². The van der Waals surface area contributed by atoms with Crippen LogP contribution in [0.3, 0.4) is 0 Å². The summed E-state index contributed by atoms with van der Waals surface area (Å²) < 4.78 is 0.925. The predicted molar refractivity (Wildman–Crippen MR) is 80.9 cm³/mol. The molecule has 2 N–H and O–H groups in total. The average molecular weight is 314 g/mol. The molecule has 19 heavy (non-hydrogen) atoms. The van der Waals surface area contributed by atoms with E-state index < -0.39 is 0 Å². The van der Waals surface area contributed by atoms with E-state index in [0.717, 1.165) is 21.2 Å². The van der Waals surface area contributed by atoms with Gasteiger partial charge < -0.3 is 5.73 Å². The molecule has 1 heterocycles. The minimum Gasteiger partial charge on any atom is -0.383 e. The molecule has 0 aliphatic rings. The van der Waals surface area contributed by atoms with Gasteiger partial charge in [0.15, 0.2) is 0 Å². The number of aromatic nitrogens is 2. The Labute approximate surface area is 119 Å². The molecule has 3 aromatic rings. The smallest absolute Gasteiger partial charge is 0.136 e. The maximum atomic E-state index is 6.03. The van der Waals surface area contributed by atoms with Crippen molar-refractivity contribution in [2.24, 2.45) is 0 Å². The standard InChI is InChI=1S/C15H12BrN3/c16-11-7-4-8-12-14(11)15(17)19-13(18-12)9-10-5-2-1-3-6-10/h1-8H,9H2,(H2,17,18,19). The second kappa shape index (κ2) is 4.97. The predicted octanol–water partition coefficient (Wildman–Crippen LogP) is 3.57. The summed E-state index contributed by atoms with van der Waals surface area (Å²) in [5.41, 5.74) is 8.08. The quantitative estimate of drug-likeness (QED) is 0.787. The number of benzene rings is 2. The molecule has 0 unspecified atom stereocenters. The number of nitrogen functional groups attached to an aromatic ring is 1. The van der Waals surface area contributed by atoms with Crippen LogP contribution >= 0.6 is 15.9 Å². The van der Waals surface area contributed by atoms with E-state index >= 15 is 0 Å². The van der Waals surface area contributed by atoms with Gasteiger partial charge in [-0.1, -0.05) is 36.4 Å². The van der Waals surface area contributed by atoms with Crippen LogP contribution in [0.2, 0.25) is 0 Å². The summed E-state index contributed by atoms with van der Waals surface area (Å²) >= 11 is 3.48. The molecule has 0 fully saturated rings. The monoisotopic (exact) mass is 313 g/mol. The van der Waals surface area contributed by atoms with E-state index in [1.165, 1.54) is 5.56 Å². The van der Waals surface area contributed by atoms with Crippen LogP contribution in [-0.4, -0.2) is 9.97 Å². The maximum Gasteiger partial charge on any atom is 0.136 e. The zero-order valence-electron chi connectivity index (χ0n) is 10.2. The zero-order chi connectivity index (χ0) is 13.2. The summed E-state index contributed by atoms with van der Waals surface area (Å²) in [4.78, 5) is 8.97. The van der Waals surface area contributed by atoms with Crippen LogP contribution in [0.1, 0.15) is 11.4 Å². The molecular weight excluding hydrogens is 302 g/mol. The molecule has 0 amide bonds. The van der Waals surface area contributed by atoms with Crippen LogP contribution in [0.25, 0.3) is 10.9 Å². The minimum atomic E-state index is 0.517. The number of hydrogen-bond acceptors (Lipinski definition) is 3. The van der Waals surface area contributed by atoms with E-state index in [4.69, 9.17) is 5.73 Å². The molecule has 94 valence electrons. The molecule has 0 aliphatic carbocycles. The number of fused-ring (bicyclic) bond motifs is 1. The molecule has 0 saturated heterocycles. The first-order chi connectivity index (χ1) is 9.24. The van der Waals surface area contributed by atoms with E-state index in [-0.39, 0.29) is 0 Å². The van der Waals surface area contributed by atoms with Crippen LogP contribution in [0.15, 0.2) is 53.0 Å². The second-order valence-corrected chi connectivity index (χ2v) is 5.18. The van der Waals surface area contributed by atoms with Crippen molar-refractivity contribution in [3.63, 3.8) is 0 Å². The lowest BCUT2D eigenvalue weighted by molar-refractivity contribution is 0.998. The first kappa shape index (κ1) is 12.1. The Kier molecular flexibility index (Phi) is 3.17. The van der Waals surface area contributed by atoms with Gasteiger partial charge in [0.1, 0.15) is 11.6 Å². The third-order valence-electron chi connectivity index (χ3n) is 2.95. The molecule has 3 rings (SSSR count). The van der Waals surface area contributed by atoms with Crippen LogP contribution < -0.4 is 5.73 Å². The first-order valence-electron chi connectivity index (χ1n) is 5.98. The number of nitrogens with zero attached hydrogens (tertiary/aromatic N) is 2. The summed E-state index contributed by atoms with van der Waals surface area (Å²) in [5.74, 6) is 1.26. The topological polar surface area (TPSA) is 51.8 Å². The zero-order valence-corrected chi connectivity index (χ0v) is 11.8. The van der Waals surface area contributed by atoms with Gasteiger partial charge in [-0.2, -0.15) is 0 Å². The van der Waals surface area contributed by atoms with Crippen molar-refractivity contribution < 1.29 is 0 Å². The summed E-state index contributed by atoms with van der Waals surface area (Å²) in [6.45, 7) is 0. The normalized spacial score (nSPS) is 10.8. The van der Waals surface area contributed by atoms with Crippen molar-refractivity contribution in [1.29, 1.82) is 0 Å². The molecule has 3 nitrogen and oxygen atoms in total. The first-order valence-corrected chi connectivity index (χ1v) is 6.78. The van der Waals surface area contributed by atoms with E-state index in [9.17, 15) is 0 Å². The van der Waals surface area contributed by atoms with E-state index in [1.807, 2.05) is 36.4 Å². The van der Waals surface area contributed by atoms with Crippen molar-refractivity contribution >= 4 is 32.7 Å². The fourth-order valence-corrected chi connectivity index (χ4v) is 2.63. The van der Waals surface area contributed by atoms with Gasteiger partial charge >= 0.3 is 0 Å². The fourth-order valence-electron chi connectivity index (χ4n) is 2.08. The van der Waals surface area contributed by atoms with Gasteiger partial charge in [0.2, 0.25) is 0 Å². The summed E-state index contributed by atoms with van der Waals surface area (Å²) in [6.07, 6.45) is 0.688. The largest absolute Gasteiger partial charge is 0.383 e. The van der Waals surface area contributed by atoms with Crippen molar-refractivity contribution in [3.8, 4) is 0 Å². The molecule has 0 atom stereocenters. The summed E-state index contributed by atoms with van der Waals surface area (Å²) in [6, 6.07) is 16.0. The number of hydrogen-bond donors (Lipinski definition) is 1. The lowest BCUT2D eigenvalue weighted by Crippen LogP contribution is -2.02. The molecule has 0 aliphatic heterocycles. The SMILES string of the molecule is Nc1nc(Cc2ccccc2)nc2cccc(Br)c12. The van der Waals surface area contributed by atoms with Crippen LogP contribution in [0.4, 0.5) is 5.82 Å². The number of nitrogens with two attached hydrogens (primary N) is 1. The average Bonchev–Trinajstić information content (AvgIpc) is 2.39. The van der Waals surface area contributed by atoms with E-state index in [2.05, 4.69) is 38.0 Å². The third-order valence-corrected chi connectivity index (χ3v) is 3.61. The van der Waals surface area contributed by atoms with Crippen LogP contribution in [0.5, 0.6) is 0 Å². The molecular formula is C15H12BrN3. The Morgan fingerprint density at radius 1 is 0.947 bits per heavy atom. The van der Waals surface area contributed by atoms with Gasteiger partial charge in [-0.05, 0) is 33.6 Å². The number of halogens is 1. The molecule has 0 bridgehead atoms. The van der Waals surface area contributed by atoms with Crippen LogP contribution in [-0.2, 0) is 6.42 Å². The Morgan fingerprint density at radius 3 is 2.53 bits per heavy atom. The lowest BCUT2D eigenvalue weighted by Gasteiger charge is -2.07. The fraction of sp³-hybridized carbons (Fsp3) is 0.0667. The Balaban J connectivity index is 2.07. The van der Waals surface area contributed by atoms with Crippen molar-refractivity contribution in [1.82, 2.24) is 9.97 Å². The summed E-state index contributed by atoms with van der Waals surface area (Å²) in [7, 11) is 0. The van der Waals surface area contributed by atoms with E-state index in [0.29, 0.717) is 12.2 Å². The highest BCUT2D eigenvalue weighted by Gasteiger charge is 2.08. The van der Waals surface area contributed by atoms with Gasteiger partial charge in [-0.3, -0.25) is 0 Å². The molecule has 0 radical (unpaired) electrons. The highest BCUT2D eigenvalue weighted by Crippen LogP contribution is 2.26. The Bertz CT molecular complexity index is 726. The molecule has 4 heteroatoms. The van der Waals surface area contributed by atoms with Gasteiger partial charge in [0.05, 0.1) is 10.9 Å². The van der Waals surface area contributed by atoms with Gasteiger partial charge in [-0.25, -0.2) is 9.97 Å². The second-order valence-electron chi connectivity index (χ2n) is 4.32. The summed E-state index contributed by atoms with van der Waals surface area (Å²) in [5, 5.41) is 0.874. The van der Waals surface area contributed by atoms with E-state index in [1.54, 1.807) is 0 Å². The van der Waals surface area contributed by atoms with Crippen molar-refractivity contribution in [2.45, 2.75) is 6.42 Å². The molecule has 1 aromatic heterocycles. The van der Waals surface area contributed by atoms with Gasteiger partial charge in [0.25, 0.3) is 0 Å². The molecule has 0 saturated carbocycles. The minimum absolute atomic E-state index is 0.517. The van der Waals surface area contributed by atoms with Crippen molar-refractivity contribution in [2.75, 3.05) is 5.73 Å². The highest BCUT2D eigenvalue weighted by molar-refractivity contribution is 9.10.